The topological polar surface area (TPSA) is 46.1 Å². The van der Waals surface area contributed by atoms with E-state index in [1.54, 1.807) is 7.11 Å². The Bertz CT molecular complexity index is 591. The van der Waals surface area contributed by atoms with Crippen molar-refractivity contribution in [2.45, 2.75) is 69.8 Å². The van der Waals surface area contributed by atoms with E-state index in [4.69, 9.17) is 14.5 Å². The lowest BCUT2D eigenvalue weighted by Gasteiger charge is -2.37. The van der Waals surface area contributed by atoms with Crippen LogP contribution < -0.4 is 5.32 Å². The minimum Gasteiger partial charge on any atom is -0.385 e. The van der Waals surface area contributed by atoms with Gasteiger partial charge in [0, 0.05) is 50.2 Å². The van der Waals surface area contributed by atoms with Gasteiger partial charge in [-0.1, -0.05) is 25.3 Å². The maximum Gasteiger partial charge on any atom is 0.193 e. The molecular formula is C23H39N3O2S. The number of piperidine rings is 1. The minimum absolute atomic E-state index is 0.246. The molecule has 1 aromatic rings. The summed E-state index contributed by atoms with van der Waals surface area (Å²) in [6, 6.07) is 4.52. The molecule has 1 N–H and O–H groups in total. The SMILES string of the molecule is CCNC(=NCC1(c2cccs2)CCCCC1)N1CCC(OCCCOC)CC1. The van der Waals surface area contributed by atoms with Crippen LogP contribution in [-0.2, 0) is 14.9 Å². The van der Waals surface area contributed by atoms with Gasteiger partial charge in [0.15, 0.2) is 5.96 Å². The van der Waals surface area contributed by atoms with Crippen molar-refractivity contribution in [3.8, 4) is 0 Å². The van der Waals surface area contributed by atoms with Crippen LogP contribution in [0.15, 0.2) is 22.5 Å². The molecule has 3 rings (SSSR count). The number of rotatable bonds is 9. The van der Waals surface area contributed by atoms with E-state index in [0.29, 0.717) is 6.10 Å². The quantitative estimate of drug-likeness (QED) is 0.364. The number of hydrogen-bond acceptors (Lipinski definition) is 4. The number of thiophene rings is 1. The number of aliphatic imine (C=N–C) groups is 1. The average Bonchev–Trinajstić information content (AvgIpc) is 3.31. The molecule has 1 saturated carbocycles. The van der Waals surface area contributed by atoms with Crippen molar-refractivity contribution in [2.75, 3.05) is 46.5 Å². The summed E-state index contributed by atoms with van der Waals surface area (Å²) in [5.41, 5.74) is 0.246. The summed E-state index contributed by atoms with van der Waals surface area (Å²) in [7, 11) is 1.75. The van der Waals surface area contributed by atoms with E-state index >= 15 is 0 Å². The van der Waals surface area contributed by atoms with Crippen molar-refractivity contribution < 1.29 is 9.47 Å². The fraction of sp³-hybridized carbons (Fsp3) is 0.783. The van der Waals surface area contributed by atoms with Gasteiger partial charge < -0.3 is 19.7 Å². The van der Waals surface area contributed by atoms with Gasteiger partial charge in [0.2, 0.25) is 0 Å². The highest BCUT2D eigenvalue weighted by Crippen LogP contribution is 2.41. The number of likely N-dealkylation sites (tertiary alicyclic amines) is 1. The molecule has 2 heterocycles. The molecule has 0 spiro atoms. The molecule has 0 atom stereocenters. The molecular weight excluding hydrogens is 382 g/mol. The van der Waals surface area contributed by atoms with E-state index in [1.165, 1.54) is 37.0 Å². The molecule has 29 heavy (non-hydrogen) atoms. The summed E-state index contributed by atoms with van der Waals surface area (Å²) < 4.78 is 11.1. The van der Waals surface area contributed by atoms with Gasteiger partial charge in [0.05, 0.1) is 12.6 Å². The third-order valence-electron chi connectivity index (χ3n) is 6.31. The van der Waals surface area contributed by atoms with Gasteiger partial charge in [-0.25, -0.2) is 0 Å². The fourth-order valence-electron chi connectivity index (χ4n) is 4.63. The molecule has 1 saturated heterocycles. The summed E-state index contributed by atoms with van der Waals surface area (Å²) in [6.07, 6.45) is 10.1. The molecule has 5 nitrogen and oxygen atoms in total. The van der Waals surface area contributed by atoms with Crippen molar-refractivity contribution in [1.82, 2.24) is 10.2 Å². The normalized spacial score (nSPS) is 20.8. The van der Waals surface area contributed by atoms with E-state index in [-0.39, 0.29) is 5.41 Å². The highest BCUT2D eigenvalue weighted by Gasteiger charge is 2.35. The molecule has 2 fully saturated rings. The third kappa shape index (κ3) is 6.43. The summed E-state index contributed by atoms with van der Waals surface area (Å²) in [5, 5.41) is 5.77. The number of methoxy groups -OCH3 is 1. The molecule has 0 aromatic carbocycles. The Morgan fingerprint density at radius 2 is 2.03 bits per heavy atom. The van der Waals surface area contributed by atoms with Crippen LogP contribution in [0.4, 0.5) is 0 Å². The number of nitrogens with one attached hydrogen (secondary N) is 1. The maximum absolute atomic E-state index is 6.03. The molecule has 0 radical (unpaired) electrons. The molecule has 2 aliphatic rings. The van der Waals surface area contributed by atoms with Crippen LogP contribution in [-0.4, -0.2) is 63.5 Å². The van der Waals surface area contributed by atoms with Crippen LogP contribution in [0.2, 0.25) is 0 Å². The highest BCUT2D eigenvalue weighted by molar-refractivity contribution is 7.10. The number of nitrogens with zero attached hydrogens (tertiary/aromatic N) is 2. The lowest BCUT2D eigenvalue weighted by Crippen LogP contribution is -2.47. The van der Waals surface area contributed by atoms with Gasteiger partial charge in [0.1, 0.15) is 0 Å². The molecule has 0 unspecified atom stereocenters. The molecule has 1 aliphatic carbocycles. The predicted molar refractivity (Wildman–Crippen MR) is 122 cm³/mol. The second-order valence-corrected chi connectivity index (χ2v) is 9.34. The predicted octanol–water partition coefficient (Wildman–Crippen LogP) is 4.43. The Kier molecular flexibility index (Phi) is 9.28. The molecule has 164 valence electrons. The van der Waals surface area contributed by atoms with Gasteiger partial charge >= 0.3 is 0 Å². The zero-order valence-corrected chi connectivity index (χ0v) is 19.1. The Balaban J connectivity index is 1.58. The first-order chi connectivity index (χ1) is 14.3. The largest absolute Gasteiger partial charge is 0.385 e. The Morgan fingerprint density at radius 3 is 2.69 bits per heavy atom. The monoisotopic (exact) mass is 421 g/mol. The van der Waals surface area contributed by atoms with Gasteiger partial charge in [-0.3, -0.25) is 4.99 Å². The van der Waals surface area contributed by atoms with Crippen LogP contribution in [0.25, 0.3) is 0 Å². The molecule has 1 aliphatic heterocycles. The van der Waals surface area contributed by atoms with Gasteiger partial charge in [-0.2, -0.15) is 0 Å². The lowest BCUT2D eigenvalue weighted by molar-refractivity contribution is 0.00988. The number of ether oxygens (including phenoxy) is 2. The summed E-state index contributed by atoms with van der Waals surface area (Å²) in [4.78, 5) is 9.14. The van der Waals surface area contributed by atoms with Gasteiger partial charge in [0.25, 0.3) is 0 Å². The van der Waals surface area contributed by atoms with E-state index in [1.807, 2.05) is 11.3 Å². The van der Waals surface area contributed by atoms with Crippen molar-refractivity contribution in [3.05, 3.63) is 22.4 Å². The van der Waals surface area contributed by atoms with Crippen LogP contribution in [0.3, 0.4) is 0 Å². The summed E-state index contributed by atoms with van der Waals surface area (Å²) >= 11 is 1.91. The zero-order chi connectivity index (χ0) is 20.4. The molecule has 1 aromatic heterocycles. The first-order valence-corrected chi connectivity index (χ1v) is 12.3. The smallest absolute Gasteiger partial charge is 0.193 e. The second kappa shape index (κ2) is 11.9. The average molecular weight is 422 g/mol. The van der Waals surface area contributed by atoms with Crippen LogP contribution in [0.1, 0.15) is 63.2 Å². The van der Waals surface area contributed by atoms with Gasteiger partial charge in [-0.15, -0.1) is 11.3 Å². The molecule has 0 amide bonds. The van der Waals surface area contributed by atoms with Crippen LogP contribution in [0.5, 0.6) is 0 Å². The third-order valence-corrected chi connectivity index (χ3v) is 7.43. The van der Waals surface area contributed by atoms with Crippen molar-refractivity contribution in [3.63, 3.8) is 0 Å². The van der Waals surface area contributed by atoms with E-state index < -0.39 is 0 Å². The Morgan fingerprint density at radius 1 is 1.24 bits per heavy atom. The van der Waals surface area contributed by atoms with Crippen molar-refractivity contribution in [1.29, 1.82) is 0 Å². The standard InChI is InChI=1S/C23H39N3O2S/c1-3-24-22(26-14-10-20(11-15-26)28-17-8-16-27-2)25-19-23(12-5-4-6-13-23)21-9-7-18-29-21/h7,9,18,20H,3-6,8,10-17,19H2,1-2H3,(H,24,25). The Hall–Kier alpha value is -1.11. The lowest BCUT2D eigenvalue weighted by atomic mass is 9.73. The highest BCUT2D eigenvalue weighted by atomic mass is 32.1. The Labute approximate surface area is 180 Å². The van der Waals surface area contributed by atoms with Crippen molar-refractivity contribution >= 4 is 17.3 Å². The van der Waals surface area contributed by atoms with Crippen LogP contribution in [0, 0.1) is 0 Å². The minimum atomic E-state index is 0.246. The van der Waals surface area contributed by atoms with E-state index in [2.05, 4.69) is 34.7 Å². The number of hydrogen-bond donors (Lipinski definition) is 1. The fourth-order valence-corrected chi connectivity index (χ4v) is 5.61. The van der Waals surface area contributed by atoms with Crippen LogP contribution >= 0.6 is 11.3 Å². The van der Waals surface area contributed by atoms with E-state index in [9.17, 15) is 0 Å². The number of guanidine groups is 1. The maximum atomic E-state index is 6.03. The second-order valence-electron chi connectivity index (χ2n) is 8.39. The summed E-state index contributed by atoms with van der Waals surface area (Å²) in [6.45, 7) is 7.61. The summed E-state index contributed by atoms with van der Waals surface area (Å²) in [5.74, 6) is 1.09. The molecule has 0 bridgehead atoms. The first kappa shape index (κ1) is 22.6. The van der Waals surface area contributed by atoms with E-state index in [0.717, 1.165) is 64.6 Å². The van der Waals surface area contributed by atoms with Gasteiger partial charge in [-0.05, 0) is 50.5 Å². The first-order valence-electron chi connectivity index (χ1n) is 11.5. The zero-order valence-electron chi connectivity index (χ0n) is 18.3. The van der Waals surface area contributed by atoms with Crippen molar-refractivity contribution in [2.24, 2.45) is 4.99 Å². The molecule has 6 heteroatoms.